The predicted octanol–water partition coefficient (Wildman–Crippen LogP) is 0.654. The molecule has 0 radical (unpaired) electrons. The van der Waals surface area contributed by atoms with Gasteiger partial charge in [-0.25, -0.2) is 0 Å². The van der Waals surface area contributed by atoms with E-state index in [1.54, 1.807) is 0 Å². The Labute approximate surface area is 102 Å². The highest BCUT2D eigenvalue weighted by Crippen LogP contribution is 2.13. The molecule has 1 saturated heterocycles. The summed E-state index contributed by atoms with van der Waals surface area (Å²) < 4.78 is 0. The number of amides is 1. The third-order valence-electron chi connectivity index (χ3n) is 3.28. The molecule has 94 valence electrons. The summed E-state index contributed by atoms with van der Waals surface area (Å²) in [6.07, 6.45) is 2.03. The van der Waals surface area contributed by atoms with Gasteiger partial charge in [-0.3, -0.25) is 9.89 Å². The van der Waals surface area contributed by atoms with Crippen LogP contribution in [0.15, 0.2) is 6.07 Å². The maximum absolute atomic E-state index is 11.8. The molecular weight excluding hydrogens is 216 g/mol. The van der Waals surface area contributed by atoms with Gasteiger partial charge in [-0.2, -0.15) is 5.10 Å². The van der Waals surface area contributed by atoms with E-state index < -0.39 is 0 Å². The Morgan fingerprint density at radius 2 is 2.53 bits per heavy atom. The first-order valence-electron chi connectivity index (χ1n) is 6.20. The molecule has 1 unspecified atom stereocenters. The van der Waals surface area contributed by atoms with Gasteiger partial charge in [-0.05, 0) is 38.4 Å². The van der Waals surface area contributed by atoms with Crippen molar-refractivity contribution in [2.24, 2.45) is 5.92 Å². The number of carbonyl (C=O) groups excluding carboxylic acids is 1. The van der Waals surface area contributed by atoms with E-state index in [4.69, 9.17) is 0 Å². The van der Waals surface area contributed by atoms with Crippen molar-refractivity contribution in [1.29, 1.82) is 0 Å². The van der Waals surface area contributed by atoms with Crippen LogP contribution in [0.3, 0.4) is 0 Å². The Morgan fingerprint density at radius 1 is 1.71 bits per heavy atom. The first-order valence-corrected chi connectivity index (χ1v) is 6.20. The molecule has 1 aliphatic heterocycles. The van der Waals surface area contributed by atoms with Gasteiger partial charge in [0.25, 0.3) is 5.91 Å². The predicted molar refractivity (Wildman–Crippen MR) is 65.9 cm³/mol. The summed E-state index contributed by atoms with van der Waals surface area (Å²) in [6.45, 7) is 4.98. The van der Waals surface area contributed by atoms with Gasteiger partial charge in [-0.1, -0.05) is 6.92 Å². The highest BCUT2D eigenvalue weighted by molar-refractivity contribution is 5.92. The van der Waals surface area contributed by atoms with Crippen LogP contribution in [0, 0.1) is 5.92 Å². The first kappa shape index (κ1) is 12.1. The number of carbonyl (C=O) groups is 1. The van der Waals surface area contributed by atoms with E-state index in [1.807, 2.05) is 13.0 Å². The minimum Gasteiger partial charge on any atom is -0.350 e. The summed E-state index contributed by atoms with van der Waals surface area (Å²) in [6, 6.07) is 1.82. The molecular formula is C12H20N4O. The summed E-state index contributed by atoms with van der Waals surface area (Å²) in [7, 11) is 2.11. The van der Waals surface area contributed by atoms with Crippen molar-refractivity contribution in [1.82, 2.24) is 20.4 Å². The summed E-state index contributed by atoms with van der Waals surface area (Å²) in [5.74, 6) is 0.504. The smallest absolute Gasteiger partial charge is 0.271 e. The van der Waals surface area contributed by atoms with E-state index in [0.717, 1.165) is 38.2 Å². The lowest BCUT2D eigenvalue weighted by Gasteiger charge is -2.10. The molecule has 17 heavy (non-hydrogen) atoms. The monoisotopic (exact) mass is 236 g/mol. The fourth-order valence-electron chi connectivity index (χ4n) is 2.18. The maximum Gasteiger partial charge on any atom is 0.271 e. The molecule has 0 aromatic carbocycles. The van der Waals surface area contributed by atoms with Gasteiger partial charge >= 0.3 is 0 Å². The molecule has 1 aromatic heterocycles. The zero-order chi connectivity index (χ0) is 12.3. The van der Waals surface area contributed by atoms with E-state index >= 15 is 0 Å². The molecule has 1 fully saturated rings. The third kappa shape index (κ3) is 3.06. The van der Waals surface area contributed by atoms with Crippen molar-refractivity contribution in [3.8, 4) is 0 Å². The van der Waals surface area contributed by atoms with Crippen LogP contribution in [-0.4, -0.2) is 47.7 Å². The van der Waals surface area contributed by atoms with Gasteiger partial charge in [-0.15, -0.1) is 0 Å². The average Bonchev–Trinajstić information content (AvgIpc) is 2.94. The highest BCUT2D eigenvalue weighted by atomic mass is 16.1. The molecule has 5 heteroatoms. The molecule has 2 heterocycles. The molecule has 0 aliphatic carbocycles. The number of hydrogen-bond donors (Lipinski definition) is 2. The largest absolute Gasteiger partial charge is 0.350 e. The van der Waals surface area contributed by atoms with Gasteiger partial charge < -0.3 is 10.2 Å². The molecule has 1 aromatic rings. The zero-order valence-electron chi connectivity index (χ0n) is 10.5. The van der Waals surface area contributed by atoms with Crippen LogP contribution in [0.4, 0.5) is 0 Å². The van der Waals surface area contributed by atoms with E-state index in [9.17, 15) is 4.79 Å². The van der Waals surface area contributed by atoms with Gasteiger partial charge in [0.15, 0.2) is 0 Å². The van der Waals surface area contributed by atoms with E-state index in [-0.39, 0.29) is 5.91 Å². The van der Waals surface area contributed by atoms with Crippen LogP contribution in [0.25, 0.3) is 0 Å². The highest BCUT2D eigenvalue weighted by Gasteiger charge is 2.20. The van der Waals surface area contributed by atoms with Crippen molar-refractivity contribution in [2.45, 2.75) is 19.8 Å². The Kier molecular flexibility index (Phi) is 3.78. The second kappa shape index (κ2) is 5.31. The summed E-state index contributed by atoms with van der Waals surface area (Å²) in [5.41, 5.74) is 1.49. The number of rotatable bonds is 4. The van der Waals surface area contributed by atoms with Gasteiger partial charge in [0.2, 0.25) is 0 Å². The minimum absolute atomic E-state index is 0.0736. The lowest BCUT2D eigenvalue weighted by molar-refractivity contribution is 0.0942. The molecule has 5 nitrogen and oxygen atoms in total. The second-order valence-electron chi connectivity index (χ2n) is 4.76. The standard InChI is InChI=1S/C12H20N4O/c1-3-10-6-11(15-14-10)12(17)13-7-9-4-5-16(2)8-9/h6,9H,3-5,7-8H2,1-2H3,(H,13,17)(H,14,15). The lowest BCUT2D eigenvalue weighted by atomic mass is 10.1. The summed E-state index contributed by atoms with van der Waals surface area (Å²) in [5, 5.41) is 9.80. The normalized spacial score (nSPS) is 20.7. The molecule has 2 N–H and O–H groups in total. The fourth-order valence-corrected chi connectivity index (χ4v) is 2.18. The van der Waals surface area contributed by atoms with Crippen molar-refractivity contribution in [3.63, 3.8) is 0 Å². The molecule has 0 bridgehead atoms. The van der Waals surface area contributed by atoms with Crippen molar-refractivity contribution in [2.75, 3.05) is 26.7 Å². The van der Waals surface area contributed by atoms with E-state index in [2.05, 4.69) is 27.5 Å². The first-order chi connectivity index (χ1) is 8.19. The summed E-state index contributed by atoms with van der Waals surface area (Å²) >= 11 is 0. The number of hydrogen-bond acceptors (Lipinski definition) is 3. The van der Waals surface area contributed by atoms with Crippen molar-refractivity contribution >= 4 is 5.91 Å². The van der Waals surface area contributed by atoms with Crippen molar-refractivity contribution < 1.29 is 4.79 Å². The Bertz CT molecular complexity index is 388. The molecule has 0 saturated carbocycles. The number of aryl methyl sites for hydroxylation is 1. The van der Waals surface area contributed by atoms with Crippen LogP contribution in [-0.2, 0) is 6.42 Å². The Morgan fingerprint density at radius 3 is 3.12 bits per heavy atom. The number of aromatic amines is 1. The maximum atomic E-state index is 11.8. The number of aromatic nitrogens is 2. The number of likely N-dealkylation sites (tertiary alicyclic amines) is 1. The third-order valence-corrected chi connectivity index (χ3v) is 3.28. The van der Waals surface area contributed by atoms with E-state index in [0.29, 0.717) is 11.6 Å². The Hall–Kier alpha value is -1.36. The van der Waals surface area contributed by atoms with Crippen LogP contribution < -0.4 is 5.32 Å². The molecule has 2 rings (SSSR count). The molecule has 0 spiro atoms. The SMILES string of the molecule is CCc1cc(C(=O)NCC2CCN(C)C2)n[nH]1. The summed E-state index contributed by atoms with van der Waals surface area (Å²) in [4.78, 5) is 14.1. The number of H-pyrrole nitrogens is 1. The van der Waals surface area contributed by atoms with E-state index in [1.165, 1.54) is 0 Å². The van der Waals surface area contributed by atoms with Gasteiger partial charge in [0.05, 0.1) is 0 Å². The number of nitrogens with zero attached hydrogens (tertiary/aromatic N) is 2. The zero-order valence-corrected chi connectivity index (χ0v) is 10.5. The van der Waals surface area contributed by atoms with Gasteiger partial charge in [0.1, 0.15) is 5.69 Å². The van der Waals surface area contributed by atoms with Gasteiger partial charge in [0, 0.05) is 18.8 Å². The second-order valence-corrected chi connectivity index (χ2v) is 4.76. The Balaban J connectivity index is 1.81. The molecule has 1 atom stereocenters. The van der Waals surface area contributed by atoms with Crippen LogP contribution >= 0.6 is 0 Å². The van der Waals surface area contributed by atoms with Crippen LogP contribution in [0.2, 0.25) is 0 Å². The topological polar surface area (TPSA) is 61.0 Å². The minimum atomic E-state index is -0.0736. The average molecular weight is 236 g/mol. The van der Waals surface area contributed by atoms with Crippen molar-refractivity contribution in [3.05, 3.63) is 17.5 Å². The van der Waals surface area contributed by atoms with Crippen LogP contribution in [0.1, 0.15) is 29.5 Å². The molecule has 1 aliphatic rings. The van der Waals surface area contributed by atoms with Crippen LogP contribution in [0.5, 0.6) is 0 Å². The fraction of sp³-hybridized carbons (Fsp3) is 0.667. The lowest BCUT2D eigenvalue weighted by Crippen LogP contribution is -2.30. The number of nitrogens with one attached hydrogen (secondary N) is 2. The molecule has 1 amide bonds. The quantitative estimate of drug-likeness (QED) is 0.807.